The summed E-state index contributed by atoms with van der Waals surface area (Å²) in [5, 5.41) is 0.552. The lowest BCUT2D eigenvalue weighted by Crippen LogP contribution is -2.35. The molecule has 0 amide bonds. The van der Waals surface area contributed by atoms with E-state index in [0.717, 1.165) is 11.6 Å². The van der Waals surface area contributed by atoms with Crippen LogP contribution in [0.4, 0.5) is 4.39 Å². The van der Waals surface area contributed by atoms with Crippen LogP contribution in [-0.4, -0.2) is 34.0 Å². The van der Waals surface area contributed by atoms with Crippen molar-refractivity contribution in [2.75, 3.05) is 20.6 Å². The van der Waals surface area contributed by atoms with Crippen molar-refractivity contribution in [3.05, 3.63) is 64.9 Å². The molecular formula is C16H18ClFN2O2S. The van der Waals surface area contributed by atoms with Crippen molar-refractivity contribution in [3.8, 4) is 0 Å². The van der Waals surface area contributed by atoms with E-state index in [0.29, 0.717) is 5.02 Å². The van der Waals surface area contributed by atoms with Crippen LogP contribution in [0.2, 0.25) is 5.02 Å². The first kappa shape index (κ1) is 17.9. The Hall–Kier alpha value is -1.47. The van der Waals surface area contributed by atoms with Crippen LogP contribution in [0.5, 0.6) is 0 Å². The highest BCUT2D eigenvalue weighted by molar-refractivity contribution is 7.89. The largest absolute Gasteiger partial charge is 0.301 e. The standard InChI is InChI=1S/C16H18ClFN2O2S/c1-20(2)15(12-7-3-4-8-13(12)17)11-19-23(21,22)16-10-6-5-9-14(16)18/h3-10,15,19H,11H2,1-2H3/t15-/m0/s1. The minimum absolute atomic E-state index is 0.0768. The molecular weight excluding hydrogens is 339 g/mol. The fraction of sp³-hybridized carbons (Fsp3) is 0.250. The third kappa shape index (κ3) is 4.29. The Morgan fingerprint density at radius 3 is 2.35 bits per heavy atom. The Kier molecular flexibility index (Phi) is 5.75. The SMILES string of the molecule is CN(C)[C@@H](CNS(=O)(=O)c1ccccc1F)c1ccccc1Cl. The van der Waals surface area contributed by atoms with E-state index in [1.165, 1.54) is 18.2 Å². The Morgan fingerprint density at radius 2 is 1.74 bits per heavy atom. The Morgan fingerprint density at radius 1 is 1.13 bits per heavy atom. The molecule has 0 aliphatic rings. The summed E-state index contributed by atoms with van der Waals surface area (Å²) >= 11 is 6.19. The fourth-order valence-corrected chi connectivity index (χ4v) is 3.62. The Bertz CT molecular complexity index is 781. The molecule has 1 N–H and O–H groups in total. The Labute approximate surface area is 140 Å². The molecule has 0 saturated heterocycles. The predicted molar refractivity (Wildman–Crippen MR) is 89.5 cm³/mol. The van der Waals surface area contributed by atoms with E-state index in [1.54, 1.807) is 6.07 Å². The third-order valence-corrected chi connectivity index (χ3v) is 5.28. The maximum atomic E-state index is 13.7. The van der Waals surface area contributed by atoms with Gasteiger partial charge in [0.05, 0.1) is 0 Å². The van der Waals surface area contributed by atoms with Crippen LogP contribution >= 0.6 is 11.6 Å². The lowest BCUT2D eigenvalue weighted by atomic mass is 10.1. The highest BCUT2D eigenvalue weighted by Crippen LogP contribution is 2.26. The average molecular weight is 357 g/mol. The molecule has 7 heteroatoms. The van der Waals surface area contributed by atoms with Crippen LogP contribution in [0.3, 0.4) is 0 Å². The summed E-state index contributed by atoms with van der Waals surface area (Å²) in [6, 6.07) is 12.2. The van der Waals surface area contributed by atoms with E-state index in [1.807, 2.05) is 37.2 Å². The number of likely N-dealkylation sites (N-methyl/N-ethyl adjacent to an activating group) is 1. The molecule has 0 bridgehead atoms. The van der Waals surface area contributed by atoms with Gasteiger partial charge in [0, 0.05) is 17.6 Å². The quantitative estimate of drug-likeness (QED) is 0.865. The summed E-state index contributed by atoms with van der Waals surface area (Å²) in [5.41, 5.74) is 0.801. The summed E-state index contributed by atoms with van der Waals surface area (Å²) < 4.78 is 40.7. The highest BCUT2D eigenvalue weighted by Gasteiger charge is 2.23. The van der Waals surface area contributed by atoms with Crippen molar-refractivity contribution in [2.45, 2.75) is 10.9 Å². The minimum atomic E-state index is -3.94. The zero-order valence-corrected chi connectivity index (χ0v) is 14.4. The van der Waals surface area contributed by atoms with E-state index >= 15 is 0 Å². The maximum Gasteiger partial charge on any atom is 0.243 e. The zero-order valence-electron chi connectivity index (χ0n) is 12.8. The molecule has 0 radical (unpaired) electrons. The topological polar surface area (TPSA) is 49.4 Å². The van der Waals surface area contributed by atoms with Gasteiger partial charge < -0.3 is 4.90 Å². The average Bonchev–Trinajstić information content (AvgIpc) is 2.49. The zero-order chi connectivity index (χ0) is 17.0. The number of nitrogens with one attached hydrogen (secondary N) is 1. The van der Waals surface area contributed by atoms with Gasteiger partial charge in [0.25, 0.3) is 0 Å². The van der Waals surface area contributed by atoms with Gasteiger partial charge >= 0.3 is 0 Å². The molecule has 0 saturated carbocycles. The number of benzene rings is 2. The van der Waals surface area contributed by atoms with Crippen LogP contribution in [0, 0.1) is 5.82 Å². The number of hydrogen-bond acceptors (Lipinski definition) is 3. The smallest absolute Gasteiger partial charge is 0.243 e. The van der Waals surface area contributed by atoms with Gasteiger partial charge in [-0.25, -0.2) is 17.5 Å². The molecule has 0 aliphatic heterocycles. The predicted octanol–water partition coefficient (Wildman–Crippen LogP) is 3.06. The lowest BCUT2D eigenvalue weighted by molar-refractivity contribution is 0.299. The number of nitrogens with zero attached hydrogens (tertiary/aromatic N) is 1. The summed E-state index contributed by atoms with van der Waals surface area (Å²) in [6.07, 6.45) is 0. The molecule has 0 aliphatic carbocycles. The van der Waals surface area contributed by atoms with Crippen molar-refractivity contribution in [3.63, 3.8) is 0 Å². The van der Waals surface area contributed by atoms with E-state index < -0.39 is 15.8 Å². The van der Waals surface area contributed by atoms with Crippen LogP contribution in [-0.2, 0) is 10.0 Å². The van der Waals surface area contributed by atoms with Crippen molar-refractivity contribution in [1.29, 1.82) is 0 Å². The first-order valence-corrected chi connectivity index (χ1v) is 8.84. The first-order chi connectivity index (χ1) is 10.8. The molecule has 0 heterocycles. The van der Waals surface area contributed by atoms with Gasteiger partial charge in [0.15, 0.2) is 0 Å². The van der Waals surface area contributed by atoms with Crippen LogP contribution in [0.1, 0.15) is 11.6 Å². The van der Waals surface area contributed by atoms with Gasteiger partial charge in [0.1, 0.15) is 10.7 Å². The molecule has 0 aromatic heterocycles. The van der Waals surface area contributed by atoms with Gasteiger partial charge in [-0.05, 0) is 37.9 Å². The summed E-state index contributed by atoms with van der Waals surface area (Å²) in [4.78, 5) is 1.49. The normalized spacial score (nSPS) is 13.3. The first-order valence-electron chi connectivity index (χ1n) is 6.98. The second-order valence-electron chi connectivity index (χ2n) is 5.28. The van der Waals surface area contributed by atoms with Crippen LogP contribution in [0.25, 0.3) is 0 Å². The molecule has 2 rings (SSSR count). The maximum absolute atomic E-state index is 13.7. The lowest BCUT2D eigenvalue weighted by Gasteiger charge is -2.26. The number of halogens is 2. The monoisotopic (exact) mass is 356 g/mol. The van der Waals surface area contributed by atoms with E-state index in [9.17, 15) is 12.8 Å². The van der Waals surface area contributed by atoms with Gasteiger partial charge in [-0.15, -0.1) is 0 Å². The molecule has 124 valence electrons. The fourth-order valence-electron chi connectivity index (χ4n) is 2.25. The molecule has 0 spiro atoms. The summed E-state index contributed by atoms with van der Waals surface area (Å²) in [5.74, 6) is -0.779. The molecule has 1 atom stereocenters. The van der Waals surface area contributed by atoms with Crippen molar-refractivity contribution < 1.29 is 12.8 Å². The second kappa shape index (κ2) is 7.40. The molecule has 0 fully saturated rings. The molecule has 2 aromatic carbocycles. The van der Waals surface area contributed by atoms with Crippen molar-refractivity contribution in [2.24, 2.45) is 0 Å². The molecule has 23 heavy (non-hydrogen) atoms. The van der Waals surface area contributed by atoms with Gasteiger partial charge in [-0.3, -0.25) is 0 Å². The third-order valence-electron chi connectivity index (χ3n) is 3.48. The van der Waals surface area contributed by atoms with Gasteiger partial charge in [-0.2, -0.15) is 0 Å². The van der Waals surface area contributed by atoms with Crippen LogP contribution < -0.4 is 4.72 Å². The Balaban J connectivity index is 2.23. The number of rotatable bonds is 6. The van der Waals surface area contributed by atoms with E-state index in [2.05, 4.69) is 4.72 Å². The van der Waals surface area contributed by atoms with Gasteiger partial charge in [0.2, 0.25) is 10.0 Å². The summed E-state index contributed by atoms with van der Waals surface area (Å²) in [7, 11) is -0.286. The van der Waals surface area contributed by atoms with E-state index in [-0.39, 0.29) is 17.5 Å². The molecule has 2 aromatic rings. The van der Waals surface area contributed by atoms with Crippen molar-refractivity contribution in [1.82, 2.24) is 9.62 Å². The van der Waals surface area contributed by atoms with Crippen LogP contribution in [0.15, 0.2) is 53.4 Å². The minimum Gasteiger partial charge on any atom is -0.301 e. The highest BCUT2D eigenvalue weighted by atomic mass is 35.5. The van der Waals surface area contributed by atoms with Crippen molar-refractivity contribution >= 4 is 21.6 Å². The van der Waals surface area contributed by atoms with E-state index in [4.69, 9.17) is 11.6 Å². The van der Waals surface area contributed by atoms with Gasteiger partial charge in [-0.1, -0.05) is 41.9 Å². The molecule has 0 unspecified atom stereocenters. The molecule has 4 nitrogen and oxygen atoms in total. The summed E-state index contributed by atoms with van der Waals surface area (Å²) in [6.45, 7) is 0.0768. The number of hydrogen-bond donors (Lipinski definition) is 1. The second-order valence-corrected chi connectivity index (χ2v) is 7.43. The number of sulfonamides is 1.